The van der Waals surface area contributed by atoms with Crippen molar-refractivity contribution in [2.75, 3.05) is 6.54 Å². The number of nitrogens with two attached hydrogens (primary N) is 1. The van der Waals surface area contributed by atoms with E-state index in [9.17, 15) is 0 Å². The molecule has 2 N–H and O–H groups in total. The third kappa shape index (κ3) is 1.72. The predicted octanol–water partition coefficient (Wildman–Crippen LogP) is 2.41. The number of hydrogen-bond acceptors (Lipinski definition) is 1. The van der Waals surface area contributed by atoms with Crippen LogP contribution in [0, 0.1) is 10.8 Å². The molecule has 0 bridgehead atoms. The molecule has 0 unspecified atom stereocenters. The second-order valence-corrected chi connectivity index (χ2v) is 4.33. The lowest BCUT2D eigenvalue weighted by molar-refractivity contribution is 0.114. The largest absolute Gasteiger partial charge is 0.330 e. The van der Waals surface area contributed by atoms with Gasteiger partial charge in [0, 0.05) is 0 Å². The van der Waals surface area contributed by atoms with Crippen molar-refractivity contribution in [3.05, 3.63) is 0 Å². The number of hydrogen-bond donors (Lipinski definition) is 1. The van der Waals surface area contributed by atoms with Gasteiger partial charge in [0.15, 0.2) is 0 Å². The topological polar surface area (TPSA) is 26.0 Å². The van der Waals surface area contributed by atoms with Gasteiger partial charge in [-0.25, -0.2) is 0 Å². The van der Waals surface area contributed by atoms with Crippen molar-refractivity contribution in [3.8, 4) is 0 Å². The lowest BCUT2D eigenvalue weighted by Crippen LogP contribution is -2.38. The van der Waals surface area contributed by atoms with Crippen LogP contribution in [0.2, 0.25) is 0 Å². The quantitative estimate of drug-likeness (QED) is 0.645. The maximum absolute atomic E-state index is 5.67. The standard InChI is InChI=1S/C9H21N/c1-6-8(2,3)9(4,5)7-10/h6-7,10H2,1-5H3. The Kier molecular flexibility index (Phi) is 2.90. The Balaban J connectivity index is 4.28. The van der Waals surface area contributed by atoms with Gasteiger partial charge in [0.05, 0.1) is 0 Å². The van der Waals surface area contributed by atoms with E-state index in [4.69, 9.17) is 5.73 Å². The smallest absolute Gasteiger partial charge is 0.00207 e. The van der Waals surface area contributed by atoms with E-state index in [1.54, 1.807) is 0 Å². The Labute approximate surface area is 65.0 Å². The van der Waals surface area contributed by atoms with E-state index < -0.39 is 0 Å². The molecule has 10 heavy (non-hydrogen) atoms. The first-order chi connectivity index (χ1) is 4.37. The van der Waals surface area contributed by atoms with Gasteiger partial charge in [-0.15, -0.1) is 0 Å². The molecule has 62 valence electrons. The summed E-state index contributed by atoms with van der Waals surface area (Å²) >= 11 is 0. The highest BCUT2D eigenvalue weighted by Gasteiger charge is 2.33. The molecular weight excluding hydrogens is 122 g/mol. The van der Waals surface area contributed by atoms with Gasteiger partial charge in [0.1, 0.15) is 0 Å². The molecule has 0 aliphatic rings. The van der Waals surface area contributed by atoms with Gasteiger partial charge in [0.2, 0.25) is 0 Å². The monoisotopic (exact) mass is 143 g/mol. The van der Waals surface area contributed by atoms with Crippen LogP contribution >= 0.6 is 0 Å². The SMILES string of the molecule is CCC(C)(C)C(C)(C)CN. The lowest BCUT2D eigenvalue weighted by atomic mass is 9.66. The molecule has 0 aromatic carbocycles. The molecule has 0 rings (SSSR count). The molecule has 0 heterocycles. The maximum Gasteiger partial charge on any atom is -0.00207 e. The molecule has 0 spiro atoms. The molecule has 0 aromatic rings. The fourth-order valence-corrected chi connectivity index (χ4v) is 0.755. The van der Waals surface area contributed by atoms with Crippen molar-refractivity contribution in [2.24, 2.45) is 16.6 Å². The third-order valence-corrected chi connectivity index (χ3v) is 3.23. The zero-order valence-electron chi connectivity index (χ0n) is 7.99. The van der Waals surface area contributed by atoms with Gasteiger partial charge in [-0.3, -0.25) is 0 Å². The first-order valence-corrected chi connectivity index (χ1v) is 4.07. The second kappa shape index (κ2) is 2.91. The Morgan fingerprint density at radius 2 is 1.40 bits per heavy atom. The second-order valence-electron chi connectivity index (χ2n) is 4.33. The Morgan fingerprint density at radius 3 is 1.50 bits per heavy atom. The molecule has 0 aromatic heterocycles. The third-order valence-electron chi connectivity index (χ3n) is 3.23. The minimum Gasteiger partial charge on any atom is -0.330 e. The summed E-state index contributed by atoms with van der Waals surface area (Å²) in [6, 6.07) is 0. The molecule has 0 fully saturated rings. The fraction of sp³-hybridized carbons (Fsp3) is 1.00. The summed E-state index contributed by atoms with van der Waals surface area (Å²) in [7, 11) is 0. The van der Waals surface area contributed by atoms with Crippen molar-refractivity contribution in [1.82, 2.24) is 0 Å². The van der Waals surface area contributed by atoms with Crippen LogP contribution in [0.25, 0.3) is 0 Å². The van der Waals surface area contributed by atoms with Crippen LogP contribution in [0.4, 0.5) is 0 Å². The maximum atomic E-state index is 5.67. The van der Waals surface area contributed by atoms with Crippen molar-refractivity contribution in [2.45, 2.75) is 41.0 Å². The highest BCUT2D eigenvalue weighted by atomic mass is 14.6. The zero-order valence-corrected chi connectivity index (χ0v) is 7.99. The highest BCUT2D eigenvalue weighted by Crippen LogP contribution is 2.39. The average molecular weight is 143 g/mol. The van der Waals surface area contributed by atoms with Crippen LogP contribution in [0.5, 0.6) is 0 Å². The first-order valence-electron chi connectivity index (χ1n) is 4.07. The van der Waals surface area contributed by atoms with Gasteiger partial charge in [-0.2, -0.15) is 0 Å². The normalized spacial score (nSPS) is 13.8. The van der Waals surface area contributed by atoms with Gasteiger partial charge >= 0.3 is 0 Å². The summed E-state index contributed by atoms with van der Waals surface area (Å²) in [5.74, 6) is 0. The first kappa shape index (κ1) is 9.96. The minimum absolute atomic E-state index is 0.266. The van der Waals surface area contributed by atoms with E-state index in [2.05, 4.69) is 34.6 Å². The summed E-state index contributed by atoms with van der Waals surface area (Å²) in [6.07, 6.45) is 1.19. The van der Waals surface area contributed by atoms with Gasteiger partial charge in [-0.1, -0.05) is 41.0 Å². The van der Waals surface area contributed by atoms with Crippen LogP contribution in [0.3, 0.4) is 0 Å². The summed E-state index contributed by atoms with van der Waals surface area (Å²) in [4.78, 5) is 0. The van der Waals surface area contributed by atoms with E-state index in [0.717, 1.165) is 6.54 Å². The Bertz CT molecular complexity index is 89.3. The highest BCUT2D eigenvalue weighted by molar-refractivity contribution is 4.85. The predicted molar refractivity (Wildman–Crippen MR) is 46.9 cm³/mol. The molecule has 0 amide bonds. The van der Waals surface area contributed by atoms with E-state index in [1.165, 1.54) is 6.42 Å². The molecular formula is C9H21N. The van der Waals surface area contributed by atoms with Crippen molar-refractivity contribution < 1.29 is 0 Å². The van der Waals surface area contributed by atoms with Crippen LogP contribution in [0.1, 0.15) is 41.0 Å². The number of rotatable bonds is 3. The van der Waals surface area contributed by atoms with E-state index >= 15 is 0 Å². The lowest BCUT2D eigenvalue weighted by Gasteiger charge is -2.40. The summed E-state index contributed by atoms with van der Waals surface area (Å²) < 4.78 is 0. The van der Waals surface area contributed by atoms with Crippen molar-refractivity contribution in [1.29, 1.82) is 0 Å². The Morgan fingerprint density at radius 1 is 1.00 bits per heavy atom. The molecule has 0 saturated carbocycles. The van der Waals surface area contributed by atoms with E-state index in [0.29, 0.717) is 5.41 Å². The van der Waals surface area contributed by atoms with Crippen LogP contribution in [0.15, 0.2) is 0 Å². The van der Waals surface area contributed by atoms with Crippen LogP contribution in [-0.4, -0.2) is 6.54 Å². The van der Waals surface area contributed by atoms with Crippen molar-refractivity contribution in [3.63, 3.8) is 0 Å². The summed E-state index contributed by atoms with van der Waals surface area (Å²) in [6.45, 7) is 12.0. The van der Waals surface area contributed by atoms with Gasteiger partial charge in [-0.05, 0) is 17.4 Å². The summed E-state index contributed by atoms with van der Waals surface area (Å²) in [5.41, 5.74) is 6.30. The van der Waals surface area contributed by atoms with Gasteiger partial charge < -0.3 is 5.73 Å². The molecule has 0 aliphatic heterocycles. The van der Waals surface area contributed by atoms with E-state index in [1.807, 2.05) is 0 Å². The molecule has 0 radical (unpaired) electrons. The molecule has 0 atom stereocenters. The summed E-state index contributed by atoms with van der Waals surface area (Å²) in [5, 5.41) is 0. The molecule has 0 saturated heterocycles. The van der Waals surface area contributed by atoms with Crippen LogP contribution < -0.4 is 5.73 Å². The van der Waals surface area contributed by atoms with Crippen LogP contribution in [-0.2, 0) is 0 Å². The van der Waals surface area contributed by atoms with Crippen molar-refractivity contribution >= 4 is 0 Å². The Hall–Kier alpha value is -0.0400. The molecule has 1 heteroatoms. The minimum atomic E-state index is 0.266. The zero-order chi connectivity index (χ0) is 8.41. The van der Waals surface area contributed by atoms with Gasteiger partial charge in [0.25, 0.3) is 0 Å². The van der Waals surface area contributed by atoms with E-state index in [-0.39, 0.29) is 5.41 Å². The molecule has 0 aliphatic carbocycles. The fourth-order valence-electron chi connectivity index (χ4n) is 0.755. The molecule has 1 nitrogen and oxygen atoms in total. The average Bonchev–Trinajstić information content (AvgIpc) is 1.88.